The number of hydrogen-bond acceptors (Lipinski definition) is 18. The van der Waals surface area contributed by atoms with Gasteiger partial charge >= 0.3 is 0 Å². The van der Waals surface area contributed by atoms with E-state index < -0.39 is 42.6 Å². The Balaban J connectivity index is 1.28. The number of aromatic nitrogens is 6. The van der Waals surface area contributed by atoms with Gasteiger partial charge in [0.2, 0.25) is 23.8 Å². The highest BCUT2D eigenvalue weighted by molar-refractivity contribution is 7.86. The molecule has 300 valence electrons. The molecule has 2 heterocycles. The van der Waals surface area contributed by atoms with Crippen molar-refractivity contribution in [3.8, 4) is 0 Å². The standard InChI is InChI=1S/C36H34N10O10S2/c47-31(48)19-29-41-33(37-23-7-3-1-4-8-23)45-35(43-29)39-25-15-13-21(27(17-25)57(51,52)53)11-12-22-14-16-26(18-28(22)58(54,55)56)40-36-44-30(20-32(49)50)42-34(46-36)38-24-9-5-2-6-10-24/h1-18,31-32,47-50H,19-20H2,(H,51,52,53)(H,54,55,56)(H2,37,39,41,43,45)(H2,38,40,42,44,46). The van der Waals surface area contributed by atoms with Crippen LogP contribution in [0.5, 0.6) is 0 Å². The van der Waals surface area contributed by atoms with Crippen LogP contribution in [0.1, 0.15) is 22.8 Å². The molecule has 0 aliphatic carbocycles. The van der Waals surface area contributed by atoms with E-state index in [4.69, 9.17) is 0 Å². The Hall–Kier alpha value is -6.50. The lowest BCUT2D eigenvalue weighted by atomic mass is 10.1. The summed E-state index contributed by atoms with van der Waals surface area (Å²) >= 11 is 0. The summed E-state index contributed by atoms with van der Waals surface area (Å²) in [6.45, 7) is 0. The van der Waals surface area contributed by atoms with Crippen LogP contribution in [0.4, 0.5) is 46.5 Å². The van der Waals surface area contributed by atoms with Gasteiger partial charge in [-0.1, -0.05) is 60.7 Å². The quantitative estimate of drug-likeness (QED) is 0.0379. The Labute approximate surface area is 330 Å². The van der Waals surface area contributed by atoms with Crippen LogP contribution in [0.2, 0.25) is 0 Å². The van der Waals surface area contributed by atoms with Gasteiger partial charge in [-0.15, -0.1) is 0 Å². The van der Waals surface area contributed by atoms with Gasteiger partial charge < -0.3 is 41.7 Å². The number of anilines is 8. The summed E-state index contributed by atoms with van der Waals surface area (Å²) < 4.78 is 70.5. The van der Waals surface area contributed by atoms with Gasteiger partial charge in [0.15, 0.2) is 12.6 Å². The summed E-state index contributed by atoms with van der Waals surface area (Å²) in [7, 11) is -9.79. The minimum Gasteiger partial charge on any atom is -0.368 e. The van der Waals surface area contributed by atoms with E-state index in [1.54, 1.807) is 60.7 Å². The third-order valence-electron chi connectivity index (χ3n) is 7.69. The Morgan fingerprint density at radius 3 is 1.10 bits per heavy atom. The molecular formula is C36H34N10O10S2. The van der Waals surface area contributed by atoms with Crippen LogP contribution in [-0.2, 0) is 33.1 Å². The number of benzene rings is 4. The molecule has 0 saturated heterocycles. The Morgan fingerprint density at radius 1 is 0.466 bits per heavy atom. The number of aliphatic hydroxyl groups is 4. The van der Waals surface area contributed by atoms with Crippen LogP contribution in [0, 0.1) is 0 Å². The van der Waals surface area contributed by atoms with E-state index in [1.807, 2.05) is 0 Å². The topological polar surface area (TPSA) is 315 Å². The number of rotatable bonds is 16. The summed E-state index contributed by atoms with van der Waals surface area (Å²) in [4.78, 5) is 24.0. The van der Waals surface area contributed by atoms with E-state index in [-0.39, 0.29) is 70.8 Å². The zero-order valence-electron chi connectivity index (χ0n) is 29.8. The highest BCUT2D eigenvalue weighted by Crippen LogP contribution is 2.28. The van der Waals surface area contributed by atoms with Gasteiger partial charge in [0.25, 0.3) is 20.2 Å². The molecule has 58 heavy (non-hydrogen) atoms. The lowest BCUT2D eigenvalue weighted by Gasteiger charge is -2.13. The lowest BCUT2D eigenvalue weighted by molar-refractivity contribution is -0.0402. The molecule has 4 aromatic carbocycles. The fourth-order valence-corrected chi connectivity index (χ4v) is 6.68. The predicted molar refractivity (Wildman–Crippen MR) is 211 cm³/mol. The van der Waals surface area contributed by atoms with Crippen molar-refractivity contribution >= 4 is 78.9 Å². The monoisotopic (exact) mass is 830 g/mol. The third-order valence-corrected chi connectivity index (χ3v) is 9.51. The van der Waals surface area contributed by atoms with Gasteiger partial charge in [-0.05, 0) is 59.7 Å². The van der Waals surface area contributed by atoms with Crippen LogP contribution in [0.3, 0.4) is 0 Å². The molecule has 0 atom stereocenters. The highest BCUT2D eigenvalue weighted by atomic mass is 32.2. The average Bonchev–Trinajstić information content (AvgIpc) is 3.14. The fraction of sp³-hybridized carbons (Fsp3) is 0.111. The van der Waals surface area contributed by atoms with Crippen molar-refractivity contribution in [1.82, 2.24) is 29.9 Å². The van der Waals surface area contributed by atoms with Gasteiger partial charge in [-0.25, -0.2) is 0 Å². The Bertz CT molecular complexity index is 2470. The molecular weight excluding hydrogens is 797 g/mol. The van der Waals surface area contributed by atoms with Crippen molar-refractivity contribution in [1.29, 1.82) is 0 Å². The zero-order chi connectivity index (χ0) is 41.5. The molecule has 20 nitrogen and oxygen atoms in total. The number of nitrogens with one attached hydrogen (secondary N) is 4. The summed E-state index contributed by atoms with van der Waals surface area (Å²) in [6.07, 6.45) is -1.86. The molecule has 0 spiro atoms. The van der Waals surface area contributed by atoms with Crippen molar-refractivity contribution in [2.24, 2.45) is 0 Å². The molecule has 0 amide bonds. The SMILES string of the molecule is O=S(=O)(O)c1cc(Nc2nc(CC(O)O)nc(Nc3ccccc3)n2)ccc1C=Cc1ccc(Nc2nc(CC(O)O)nc(Nc3ccccc3)n2)cc1S(=O)(=O)O. The maximum absolute atomic E-state index is 12.6. The van der Waals surface area contributed by atoms with E-state index in [0.29, 0.717) is 11.4 Å². The molecule has 2 aromatic heterocycles. The van der Waals surface area contributed by atoms with Gasteiger partial charge in [0, 0.05) is 22.7 Å². The molecule has 0 aliphatic rings. The minimum atomic E-state index is -4.90. The first-order valence-electron chi connectivity index (χ1n) is 16.9. The lowest BCUT2D eigenvalue weighted by Crippen LogP contribution is -2.14. The van der Waals surface area contributed by atoms with Gasteiger partial charge in [-0.3, -0.25) is 9.11 Å². The number of nitrogens with zero attached hydrogens (tertiary/aromatic N) is 6. The Kier molecular flexibility index (Phi) is 12.6. The predicted octanol–water partition coefficient (Wildman–Crippen LogP) is 3.40. The van der Waals surface area contributed by atoms with E-state index in [1.165, 1.54) is 36.4 Å². The summed E-state index contributed by atoms with van der Waals surface area (Å²) in [5.74, 6) is -0.170. The molecule has 0 saturated carbocycles. The van der Waals surface area contributed by atoms with Crippen molar-refractivity contribution in [2.45, 2.75) is 35.2 Å². The normalized spacial score (nSPS) is 11.9. The summed E-state index contributed by atoms with van der Waals surface area (Å²) in [5, 5.41) is 49.6. The van der Waals surface area contributed by atoms with Crippen LogP contribution in [-0.4, -0.2) is 88.9 Å². The maximum atomic E-state index is 12.6. The minimum absolute atomic E-state index is 0.0132. The third kappa shape index (κ3) is 11.5. The average molecular weight is 831 g/mol. The molecule has 0 fully saturated rings. The highest BCUT2D eigenvalue weighted by Gasteiger charge is 2.19. The number of aliphatic hydroxyl groups excluding tert-OH is 2. The van der Waals surface area contributed by atoms with Crippen LogP contribution in [0.15, 0.2) is 107 Å². The summed E-state index contributed by atoms with van der Waals surface area (Å²) in [6, 6.07) is 25.2. The molecule has 0 unspecified atom stereocenters. The fourth-order valence-electron chi connectivity index (χ4n) is 5.26. The van der Waals surface area contributed by atoms with Gasteiger partial charge in [0.1, 0.15) is 21.4 Å². The van der Waals surface area contributed by atoms with Crippen LogP contribution < -0.4 is 21.3 Å². The molecule has 6 rings (SSSR count). The summed E-state index contributed by atoms with van der Waals surface area (Å²) in [5.41, 5.74) is 1.25. The van der Waals surface area contributed by atoms with Crippen LogP contribution in [0.25, 0.3) is 12.2 Å². The first kappa shape index (κ1) is 41.1. The molecule has 10 N–H and O–H groups in total. The van der Waals surface area contributed by atoms with E-state index in [2.05, 4.69) is 51.2 Å². The molecule has 6 aromatic rings. The van der Waals surface area contributed by atoms with Crippen LogP contribution >= 0.6 is 0 Å². The van der Waals surface area contributed by atoms with E-state index >= 15 is 0 Å². The molecule has 0 aliphatic heterocycles. The van der Waals surface area contributed by atoms with Gasteiger partial charge in [0.05, 0.1) is 12.8 Å². The van der Waals surface area contributed by atoms with E-state index in [9.17, 15) is 46.4 Å². The second kappa shape index (κ2) is 17.7. The molecule has 22 heteroatoms. The number of hydrogen-bond donors (Lipinski definition) is 10. The van der Waals surface area contributed by atoms with Crippen molar-refractivity contribution in [2.75, 3.05) is 21.3 Å². The van der Waals surface area contributed by atoms with Crippen molar-refractivity contribution in [3.63, 3.8) is 0 Å². The molecule has 0 bridgehead atoms. The molecule has 0 radical (unpaired) electrons. The van der Waals surface area contributed by atoms with E-state index in [0.717, 1.165) is 12.1 Å². The first-order chi connectivity index (χ1) is 27.6. The first-order valence-corrected chi connectivity index (χ1v) is 19.8. The Morgan fingerprint density at radius 2 is 0.793 bits per heavy atom. The van der Waals surface area contributed by atoms with Crippen molar-refractivity contribution < 1.29 is 46.4 Å². The zero-order valence-corrected chi connectivity index (χ0v) is 31.4. The second-order valence-corrected chi connectivity index (χ2v) is 15.0. The number of para-hydroxylation sites is 2. The largest absolute Gasteiger partial charge is 0.368 e. The maximum Gasteiger partial charge on any atom is 0.295 e. The van der Waals surface area contributed by atoms with Crippen molar-refractivity contribution in [3.05, 3.63) is 120 Å². The smallest absolute Gasteiger partial charge is 0.295 e. The second-order valence-electron chi connectivity index (χ2n) is 12.2. The van der Waals surface area contributed by atoms with Gasteiger partial charge in [-0.2, -0.15) is 46.7 Å².